The molecule has 0 spiro atoms. The second-order valence-electron chi connectivity index (χ2n) is 9.63. The highest BCUT2D eigenvalue weighted by Gasteiger charge is 2.68. The Labute approximate surface area is 188 Å². The third-order valence-electron chi connectivity index (χ3n) is 6.87. The van der Waals surface area contributed by atoms with Gasteiger partial charge in [0.1, 0.15) is 5.54 Å². The minimum Gasteiger partial charge on any atom is -0.468 e. The number of benzene rings is 2. The molecular formula is C26H30N2O4. The van der Waals surface area contributed by atoms with Gasteiger partial charge in [0.15, 0.2) is 0 Å². The normalized spacial score (nSPS) is 27.5. The van der Waals surface area contributed by atoms with Crippen molar-refractivity contribution in [1.29, 1.82) is 0 Å². The molecule has 4 rings (SSSR count). The van der Waals surface area contributed by atoms with E-state index in [1.165, 1.54) is 12.0 Å². The first kappa shape index (κ1) is 22.2. The summed E-state index contributed by atoms with van der Waals surface area (Å²) in [4.78, 5) is 42.1. The van der Waals surface area contributed by atoms with E-state index in [0.717, 1.165) is 11.1 Å². The molecule has 168 valence electrons. The van der Waals surface area contributed by atoms with Crippen LogP contribution < -0.4 is 10.2 Å². The standard InChI is InChI=1S/C26H30N2O4/c1-6-26(24(31)32-5)20-19(21(27-26)16-12-8-7-9-13-16)22(29)28(23(20)30)18-15-11-10-14-17(18)25(2,3)4/h7-15,19-21,27H,6H2,1-5H3/t19-,20-,21-,26-/m1/s1. The number of amides is 2. The molecule has 1 N–H and O–H groups in total. The summed E-state index contributed by atoms with van der Waals surface area (Å²) in [7, 11) is 1.32. The number of hydrogen-bond acceptors (Lipinski definition) is 5. The van der Waals surface area contributed by atoms with Gasteiger partial charge in [0, 0.05) is 6.04 Å². The van der Waals surface area contributed by atoms with Gasteiger partial charge in [0.25, 0.3) is 0 Å². The second-order valence-corrected chi connectivity index (χ2v) is 9.63. The van der Waals surface area contributed by atoms with Crippen molar-refractivity contribution in [3.63, 3.8) is 0 Å². The lowest BCUT2D eigenvalue weighted by molar-refractivity contribution is -0.152. The zero-order valence-corrected chi connectivity index (χ0v) is 19.2. The van der Waals surface area contributed by atoms with Crippen LogP contribution in [-0.2, 0) is 24.5 Å². The van der Waals surface area contributed by atoms with Crippen LogP contribution in [0.1, 0.15) is 51.3 Å². The summed E-state index contributed by atoms with van der Waals surface area (Å²) in [5.74, 6) is -2.68. The highest BCUT2D eigenvalue weighted by atomic mass is 16.5. The molecule has 0 saturated carbocycles. The maximum absolute atomic E-state index is 13.9. The summed E-state index contributed by atoms with van der Waals surface area (Å²) in [6, 6.07) is 16.6. The molecule has 4 atom stereocenters. The number of fused-ring (bicyclic) bond motifs is 1. The predicted octanol–water partition coefficient (Wildman–Crippen LogP) is 3.76. The van der Waals surface area contributed by atoms with E-state index in [2.05, 4.69) is 26.1 Å². The molecule has 0 radical (unpaired) electrons. The molecule has 2 aliphatic rings. The van der Waals surface area contributed by atoms with E-state index in [0.29, 0.717) is 12.1 Å². The molecule has 2 saturated heterocycles. The maximum atomic E-state index is 13.9. The summed E-state index contributed by atoms with van der Waals surface area (Å²) in [6.07, 6.45) is 0.331. The molecule has 2 aromatic carbocycles. The largest absolute Gasteiger partial charge is 0.468 e. The smallest absolute Gasteiger partial charge is 0.326 e. The Balaban J connectivity index is 1.89. The highest BCUT2D eigenvalue weighted by molar-refractivity contribution is 6.24. The van der Waals surface area contributed by atoms with Gasteiger partial charge in [-0.2, -0.15) is 0 Å². The number of nitrogens with one attached hydrogen (secondary N) is 1. The van der Waals surface area contributed by atoms with Crippen LogP contribution in [0, 0.1) is 11.8 Å². The average Bonchev–Trinajstić information content (AvgIpc) is 3.27. The van der Waals surface area contributed by atoms with Crippen molar-refractivity contribution in [2.45, 2.75) is 51.1 Å². The third kappa shape index (κ3) is 3.16. The molecule has 2 aliphatic heterocycles. The van der Waals surface area contributed by atoms with Crippen molar-refractivity contribution in [3.05, 3.63) is 65.7 Å². The molecular weight excluding hydrogens is 404 g/mol. The van der Waals surface area contributed by atoms with Crippen LogP contribution in [0.2, 0.25) is 0 Å². The fraction of sp³-hybridized carbons (Fsp3) is 0.423. The van der Waals surface area contributed by atoms with E-state index in [9.17, 15) is 14.4 Å². The molecule has 0 aromatic heterocycles. The number of rotatable bonds is 4. The van der Waals surface area contributed by atoms with Crippen molar-refractivity contribution in [2.24, 2.45) is 11.8 Å². The van der Waals surface area contributed by atoms with Crippen molar-refractivity contribution < 1.29 is 19.1 Å². The average molecular weight is 435 g/mol. The zero-order valence-electron chi connectivity index (χ0n) is 19.2. The highest BCUT2D eigenvalue weighted by Crippen LogP contribution is 2.52. The van der Waals surface area contributed by atoms with Gasteiger partial charge in [-0.3, -0.25) is 19.7 Å². The zero-order chi connectivity index (χ0) is 23.3. The Kier molecular flexibility index (Phi) is 5.45. The number of carbonyl (C=O) groups excluding carboxylic acids is 3. The first-order chi connectivity index (χ1) is 15.2. The number of nitrogens with zero attached hydrogens (tertiary/aromatic N) is 1. The number of esters is 1. The lowest BCUT2D eigenvalue weighted by Crippen LogP contribution is -2.56. The van der Waals surface area contributed by atoms with Crippen LogP contribution in [0.4, 0.5) is 5.69 Å². The second kappa shape index (κ2) is 7.85. The van der Waals surface area contributed by atoms with Gasteiger partial charge in [-0.15, -0.1) is 0 Å². The van der Waals surface area contributed by atoms with Crippen LogP contribution >= 0.6 is 0 Å². The van der Waals surface area contributed by atoms with Crippen LogP contribution in [0.25, 0.3) is 0 Å². The molecule has 0 aliphatic carbocycles. The van der Waals surface area contributed by atoms with E-state index in [1.807, 2.05) is 61.5 Å². The Hall–Kier alpha value is -2.99. The lowest BCUT2D eigenvalue weighted by atomic mass is 9.78. The number of hydrogen-bond donors (Lipinski definition) is 1. The number of carbonyl (C=O) groups is 3. The van der Waals surface area contributed by atoms with Crippen LogP contribution in [0.3, 0.4) is 0 Å². The number of anilines is 1. The predicted molar refractivity (Wildman–Crippen MR) is 122 cm³/mol. The number of ether oxygens (including phenoxy) is 1. The Morgan fingerprint density at radius 3 is 2.25 bits per heavy atom. The summed E-state index contributed by atoms with van der Waals surface area (Å²) in [5, 5.41) is 3.36. The first-order valence-corrected chi connectivity index (χ1v) is 11.1. The van der Waals surface area contributed by atoms with Gasteiger partial charge in [0.2, 0.25) is 11.8 Å². The lowest BCUT2D eigenvalue weighted by Gasteiger charge is -2.32. The van der Waals surface area contributed by atoms with E-state index < -0.39 is 29.4 Å². The Morgan fingerprint density at radius 1 is 1.03 bits per heavy atom. The van der Waals surface area contributed by atoms with Crippen LogP contribution in [-0.4, -0.2) is 30.4 Å². The third-order valence-corrected chi connectivity index (χ3v) is 6.87. The van der Waals surface area contributed by atoms with Gasteiger partial charge in [-0.25, -0.2) is 4.90 Å². The van der Waals surface area contributed by atoms with Crippen LogP contribution in [0.5, 0.6) is 0 Å². The van der Waals surface area contributed by atoms with Gasteiger partial charge in [-0.05, 0) is 29.0 Å². The van der Waals surface area contributed by atoms with Gasteiger partial charge >= 0.3 is 5.97 Å². The summed E-state index contributed by atoms with van der Waals surface area (Å²) < 4.78 is 5.14. The molecule has 0 bridgehead atoms. The molecule has 32 heavy (non-hydrogen) atoms. The van der Waals surface area contributed by atoms with Crippen molar-refractivity contribution >= 4 is 23.5 Å². The quantitative estimate of drug-likeness (QED) is 0.586. The minimum atomic E-state index is -1.27. The van der Waals surface area contributed by atoms with Crippen molar-refractivity contribution in [3.8, 4) is 0 Å². The summed E-state index contributed by atoms with van der Waals surface area (Å²) in [6.45, 7) is 8.00. The SMILES string of the molecule is CC[C@@]1(C(=O)OC)N[C@H](c2ccccc2)[C@@H]2C(=O)N(c3ccccc3C(C)(C)C)C(=O)[C@@H]21. The van der Waals surface area contributed by atoms with E-state index in [4.69, 9.17) is 4.74 Å². The van der Waals surface area contributed by atoms with Crippen molar-refractivity contribution in [1.82, 2.24) is 5.32 Å². The number of methoxy groups -OCH3 is 1. The first-order valence-electron chi connectivity index (χ1n) is 11.1. The molecule has 0 unspecified atom stereocenters. The topological polar surface area (TPSA) is 75.7 Å². The fourth-order valence-electron chi connectivity index (χ4n) is 5.33. The molecule has 2 heterocycles. The molecule has 6 nitrogen and oxygen atoms in total. The molecule has 2 aromatic rings. The van der Waals surface area contributed by atoms with E-state index >= 15 is 0 Å². The van der Waals surface area contributed by atoms with Gasteiger partial charge in [0.05, 0.1) is 24.6 Å². The monoisotopic (exact) mass is 434 g/mol. The summed E-state index contributed by atoms with van der Waals surface area (Å²) >= 11 is 0. The summed E-state index contributed by atoms with van der Waals surface area (Å²) in [5.41, 5.74) is 0.833. The Bertz CT molecular complexity index is 1060. The molecule has 6 heteroatoms. The van der Waals surface area contributed by atoms with Gasteiger partial charge in [-0.1, -0.05) is 76.2 Å². The number of imide groups is 1. The van der Waals surface area contributed by atoms with Crippen molar-refractivity contribution in [2.75, 3.05) is 12.0 Å². The van der Waals surface area contributed by atoms with E-state index in [-0.39, 0.29) is 17.2 Å². The van der Waals surface area contributed by atoms with Gasteiger partial charge < -0.3 is 4.74 Å². The maximum Gasteiger partial charge on any atom is 0.326 e. The Morgan fingerprint density at radius 2 is 1.66 bits per heavy atom. The molecule has 2 fully saturated rings. The van der Waals surface area contributed by atoms with E-state index in [1.54, 1.807) is 0 Å². The minimum absolute atomic E-state index is 0.268. The fourth-order valence-corrected chi connectivity index (χ4v) is 5.33. The van der Waals surface area contributed by atoms with Crippen LogP contribution in [0.15, 0.2) is 54.6 Å². The molecule has 2 amide bonds. The number of para-hydroxylation sites is 1.